The van der Waals surface area contributed by atoms with Crippen molar-refractivity contribution < 1.29 is 4.79 Å². The van der Waals surface area contributed by atoms with Crippen LogP contribution in [0.3, 0.4) is 0 Å². The monoisotopic (exact) mass is 566 g/mol. The van der Waals surface area contributed by atoms with Crippen LogP contribution >= 0.6 is 12.2 Å². The molecule has 2 N–H and O–H groups in total. The Hall–Kier alpha value is -4.17. The average molecular weight is 567 g/mol. The predicted octanol–water partition coefficient (Wildman–Crippen LogP) is 6.17. The summed E-state index contributed by atoms with van der Waals surface area (Å²) in [5, 5.41) is 7.25. The van der Waals surface area contributed by atoms with Gasteiger partial charge >= 0.3 is 0 Å². The first-order valence-corrected chi connectivity index (χ1v) is 14.4. The topological polar surface area (TPSA) is 65.4 Å². The highest BCUT2D eigenvalue weighted by atomic mass is 32.1. The number of aryl methyl sites for hydroxylation is 3. The van der Waals surface area contributed by atoms with Gasteiger partial charge in [-0.3, -0.25) is 9.78 Å². The SMILES string of the molecule is Cc1ccc(C)c(NC(=O)CCN2C(=S)N[C@H](c3ccccn3)[C@@H]2c2cc(C)n(-c3ccc(N(C)C)cc3)c2C)c1. The summed E-state index contributed by atoms with van der Waals surface area (Å²) in [6, 6.07) is 22.6. The highest BCUT2D eigenvalue weighted by Crippen LogP contribution is 2.41. The van der Waals surface area contributed by atoms with Crippen molar-refractivity contribution in [3.63, 3.8) is 0 Å². The number of anilines is 2. The van der Waals surface area contributed by atoms with E-state index in [0.29, 0.717) is 18.1 Å². The summed E-state index contributed by atoms with van der Waals surface area (Å²) in [6.45, 7) is 8.81. The smallest absolute Gasteiger partial charge is 0.226 e. The van der Waals surface area contributed by atoms with Crippen molar-refractivity contribution in [3.8, 4) is 5.69 Å². The van der Waals surface area contributed by atoms with E-state index in [4.69, 9.17) is 12.2 Å². The second-order valence-electron chi connectivity index (χ2n) is 11.0. The van der Waals surface area contributed by atoms with Crippen LogP contribution in [0, 0.1) is 27.7 Å². The fourth-order valence-corrected chi connectivity index (χ4v) is 6.01. The van der Waals surface area contributed by atoms with Crippen LogP contribution in [0.5, 0.6) is 0 Å². The molecule has 0 unspecified atom stereocenters. The van der Waals surface area contributed by atoms with Crippen LogP contribution in [0.25, 0.3) is 5.69 Å². The van der Waals surface area contributed by atoms with Crippen molar-refractivity contribution in [2.75, 3.05) is 30.9 Å². The van der Waals surface area contributed by atoms with E-state index in [1.165, 1.54) is 0 Å². The number of amides is 1. The zero-order valence-electron chi connectivity index (χ0n) is 24.6. The molecule has 1 aliphatic rings. The summed E-state index contributed by atoms with van der Waals surface area (Å²) >= 11 is 5.87. The van der Waals surface area contributed by atoms with Gasteiger partial charge in [-0.1, -0.05) is 18.2 Å². The van der Waals surface area contributed by atoms with Crippen LogP contribution in [0.4, 0.5) is 11.4 Å². The maximum absolute atomic E-state index is 13.1. The molecule has 1 saturated heterocycles. The van der Waals surface area contributed by atoms with Crippen molar-refractivity contribution in [2.45, 2.75) is 46.2 Å². The Bertz CT molecular complexity index is 1560. The van der Waals surface area contributed by atoms with Crippen molar-refractivity contribution in [1.29, 1.82) is 0 Å². The van der Waals surface area contributed by atoms with E-state index in [0.717, 1.165) is 50.8 Å². The first-order valence-electron chi connectivity index (χ1n) is 14.0. The van der Waals surface area contributed by atoms with Gasteiger partial charge in [0.1, 0.15) is 0 Å². The van der Waals surface area contributed by atoms with Gasteiger partial charge in [0.15, 0.2) is 5.11 Å². The standard InChI is InChI=1S/C33H38N6OS/c1-21-10-11-22(2)29(19-21)35-30(40)16-18-38-32(31(36-33(38)41)28-9-7-8-17-34-28)27-20-23(3)39(24(27)4)26-14-12-25(13-15-26)37(5)6/h7-15,17,19-20,31-32H,16,18H2,1-6H3,(H,35,40)(H,36,41)/t31-,32+/m1/s1. The van der Waals surface area contributed by atoms with Gasteiger partial charge in [-0.05, 0) is 105 Å². The lowest BCUT2D eigenvalue weighted by molar-refractivity contribution is -0.116. The van der Waals surface area contributed by atoms with E-state index in [2.05, 4.69) is 80.2 Å². The Labute approximate surface area is 248 Å². The average Bonchev–Trinajstić information content (AvgIpc) is 3.44. The van der Waals surface area contributed by atoms with Gasteiger partial charge < -0.3 is 25.0 Å². The van der Waals surface area contributed by atoms with E-state index in [9.17, 15) is 4.79 Å². The molecular weight excluding hydrogens is 528 g/mol. The number of pyridine rings is 1. The Kier molecular flexibility index (Phi) is 8.13. The quantitative estimate of drug-likeness (QED) is 0.249. The van der Waals surface area contributed by atoms with Crippen LogP contribution in [-0.4, -0.2) is 46.1 Å². The minimum atomic E-state index is -0.143. The molecule has 0 aliphatic carbocycles. The number of hydrogen-bond acceptors (Lipinski definition) is 4. The molecule has 2 aromatic carbocycles. The van der Waals surface area contributed by atoms with Crippen molar-refractivity contribution in [3.05, 3.63) is 107 Å². The summed E-state index contributed by atoms with van der Waals surface area (Å²) in [6.07, 6.45) is 2.12. The van der Waals surface area contributed by atoms with Crippen LogP contribution in [-0.2, 0) is 4.79 Å². The van der Waals surface area contributed by atoms with Crippen LogP contribution in [0.15, 0.2) is 72.9 Å². The maximum Gasteiger partial charge on any atom is 0.226 e. The predicted molar refractivity (Wildman–Crippen MR) is 171 cm³/mol. The van der Waals surface area contributed by atoms with Gasteiger partial charge in [0.25, 0.3) is 0 Å². The minimum absolute atomic E-state index is 0.0343. The number of thiocarbonyl (C=S) groups is 1. The molecule has 8 heteroatoms. The first-order chi connectivity index (χ1) is 19.6. The fourth-order valence-electron chi connectivity index (χ4n) is 5.67. The summed E-state index contributed by atoms with van der Waals surface area (Å²) in [5.74, 6) is -0.0343. The molecule has 0 bridgehead atoms. The summed E-state index contributed by atoms with van der Waals surface area (Å²) < 4.78 is 2.29. The Morgan fingerprint density at radius 2 is 1.78 bits per heavy atom. The molecule has 41 heavy (non-hydrogen) atoms. The molecule has 1 fully saturated rings. The number of nitrogens with zero attached hydrogens (tertiary/aromatic N) is 4. The summed E-state index contributed by atoms with van der Waals surface area (Å²) in [7, 11) is 4.09. The molecule has 0 radical (unpaired) electrons. The molecule has 4 aromatic rings. The molecular formula is C33H38N6OS. The number of carbonyl (C=O) groups excluding carboxylic acids is 1. The van der Waals surface area contributed by atoms with E-state index in [1.807, 2.05) is 64.5 Å². The molecule has 0 saturated carbocycles. The lowest BCUT2D eigenvalue weighted by Gasteiger charge is -2.28. The summed E-state index contributed by atoms with van der Waals surface area (Å²) in [5.41, 5.74) is 9.63. The third kappa shape index (κ3) is 5.84. The highest BCUT2D eigenvalue weighted by Gasteiger charge is 2.41. The molecule has 1 aliphatic heterocycles. The molecule has 7 nitrogen and oxygen atoms in total. The van der Waals surface area contributed by atoms with E-state index >= 15 is 0 Å². The van der Waals surface area contributed by atoms with Gasteiger partial charge in [0.2, 0.25) is 5.91 Å². The van der Waals surface area contributed by atoms with Crippen molar-refractivity contribution >= 4 is 34.6 Å². The van der Waals surface area contributed by atoms with E-state index in [-0.39, 0.29) is 18.0 Å². The largest absolute Gasteiger partial charge is 0.378 e. The van der Waals surface area contributed by atoms with Gasteiger partial charge in [-0.15, -0.1) is 0 Å². The van der Waals surface area contributed by atoms with Gasteiger partial charge in [0.05, 0.1) is 17.8 Å². The molecule has 2 aromatic heterocycles. The van der Waals surface area contributed by atoms with Crippen molar-refractivity contribution in [1.82, 2.24) is 19.8 Å². The van der Waals surface area contributed by atoms with Gasteiger partial charge in [-0.2, -0.15) is 0 Å². The van der Waals surface area contributed by atoms with Crippen LogP contribution in [0.2, 0.25) is 0 Å². The fraction of sp³-hybridized carbons (Fsp3) is 0.303. The summed E-state index contributed by atoms with van der Waals surface area (Å²) in [4.78, 5) is 22.0. The lowest BCUT2D eigenvalue weighted by atomic mass is 9.96. The number of benzene rings is 2. The minimum Gasteiger partial charge on any atom is -0.378 e. The molecule has 1 amide bonds. The van der Waals surface area contributed by atoms with Gasteiger partial charge in [-0.25, -0.2) is 0 Å². The van der Waals surface area contributed by atoms with E-state index < -0.39 is 0 Å². The van der Waals surface area contributed by atoms with E-state index in [1.54, 1.807) is 0 Å². The Balaban J connectivity index is 1.46. The molecule has 212 valence electrons. The number of carbonyl (C=O) groups is 1. The molecule has 3 heterocycles. The van der Waals surface area contributed by atoms with Crippen LogP contribution < -0.4 is 15.5 Å². The third-order valence-electron chi connectivity index (χ3n) is 7.86. The molecule has 2 atom stereocenters. The Morgan fingerprint density at radius 1 is 1.02 bits per heavy atom. The zero-order chi connectivity index (χ0) is 29.3. The van der Waals surface area contributed by atoms with Crippen molar-refractivity contribution in [2.24, 2.45) is 0 Å². The number of rotatable bonds is 8. The first kappa shape index (κ1) is 28.4. The molecule has 0 spiro atoms. The normalized spacial score (nSPS) is 16.5. The number of aromatic nitrogens is 2. The number of nitrogens with one attached hydrogen (secondary N) is 2. The Morgan fingerprint density at radius 3 is 2.46 bits per heavy atom. The second kappa shape index (κ2) is 11.7. The lowest BCUT2D eigenvalue weighted by Crippen LogP contribution is -2.33. The highest BCUT2D eigenvalue weighted by molar-refractivity contribution is 7.80. The van der Waals surface area contributed by atoms with Gasteiger partial charge in [0, 0.05) is 61.7 Å². The maximum atomic E-state index is 13.1. The third-order valence-corrected chi connectivity index (χ3v) is 8.21. The second-order valence-corrected chi connectivity index (χ2v) is 11.4. The number of hydrogen-bond donors (Lipinski definition) is 2. The van der Waals surface area contributed by atoms with Crippen LogP contribution in [0.1, 0.15) is 52.3 Å². The molecule has 5 rings (SSSR count). The zero-order valence-corrected chi connectivity index (χ0v) is 25.4.